The smallest absolute Gasteiger partial charge is 0.132 e. The Morgan fingerprint density at radius 1 is 1.11 bits per heavy atom. The van der Waals surface area contributed by atoms with E-state index in [4.69, 9.17) is 0 Å². The molecule has 0 aromatic rings. The van der Waals surface area contributed by atoms with Gasteiger partial charge in [-0.25, -0.2) is 10.2 Å². The fraction of sp³-hybridized carbons (Fsp3) is 1.00. The number of hydrogen-bond donors (Lipinski definition) is 0. The molecule has 0 saturated carbocycles. The highest BCUT2D eigenvalue weighted by Crippen LogP contribution is 2.25. The first-order valence-corrected chi connectivity index (χ1v) is 3.22. The molecule has 0 bridgehead atoms. The van der Waals surface area contributed by atoms with Crippen LogP contribution in [-0.2, 0) is 10.2 Å². The van der Waals surface area contributed by atoms with Gasteiger partial charge in [-0.1, -0.05) is 6.92 Å². The van der Waals surface area contributed by atoms with Crippen LogP contribution in [0.1, 0.15) is 34.1 Å². The molecule has 2 radical (unpaired) electrons. The molecule has 0 spiro atoms. The summed E-state index contributed by atoms with van der Waals surface area (Å²) in [5.74, 6) is 0. The topological polar surface area (TPSA) is 39.8 Å². The minimum Gasteiger partial charge on any atom is -0.227 e. The Bertz CT molecular complexity index is 89.6. The van der Waals surface area contributed by atoms with Gasteiger partial charge in [0.1, 0.15) is 11.2 Å². The molecule has 0 fully saturated rings. The average Bonchev–Trinajstić information content (AvgIpc) is 1.64. The van der Waals surface area contributed by atoms with Crippen molar-refractivity contribution in [3.63, 3.8) is 0 Å². The van der Waals surface area contributed by atoms with Crippen LogP contribution >= 0.6 is 0 Å². The maximum atomic E-state index is 11.2. The fourth-order valence-electron chi connectivity index (χ4n) is 0.426. The van der Waals surface area contributed by atoms with E-state index in [-0.39, 0.29) is 0 Å². The molecule has 0 saturated heterocycles. The number of hydrogen-bond acceptors (Lipinski definition) is 0. The van der Waals surface area contributed by atoms with Crippen LogP contribution in [0.3, 0.4) is 0 Å². The van der Waals surface area contributed by atoms with Crippen molar-refractivity contribution in [1.82, 2.24) is 0 Å². The van der Waals surface area contributed by atoms with Crippen molar-refractivity contribution < 1.29 is 10.2 Å². The van der Waals surface area contributed by atoms with E-state index in [1.807, 2.05) is 0 Å². The van der Waals surface area contributed by atoms with Crippen LogP contribution in [0, 0.1) is 0 Å². The highest BCUT2D eigenvalue weighted by Gasteiger charge is 2.39. The van der Waals surface area contributed by atoms with Gasteiger partial charge in [-0.3, -0.25) is 0 Å². The maximum absolute atomic E-state index is 11.2. The number of rotatable bonds is 2. The Hall–Kier alpha value is -0.0800. The molecule has 0 aliphatic carbocycles. The molecule has 0 aromatic carbocycles. The Morgan fingerprint density at radius 3 is 1.44 bits per heavy atom. The quantitative estimate of drug-likeness (QED) is 0.546. The van der Waals surface area contributed by atoms with E-state index in [9.17, 15) is 10.2 Å². The maximum Gasteiger partial charge on any atom is 0.132 e. The van der Waals surface area contributed by atoms with Crippen LogP contribution in [-0.4, -0.2) is 11.2 Å². The van der Waals surface area contributed by atoms with Crippen molar-refractivity contribution in [3.05, 3.63) is 0 Å². The molecule has 54 valence electrons. The third-order valence-corrected chi connectivity index (χ3v) is 1.95. The van der Waals surface area contributed by atoms with Crippen molar-refractivity contribution in [3.8, 4) is 0 Å². The first-order valence-electron chi connectivity index (χ1n) is 3.22. The lowest BCUT2D eigenvalue weighted by atomic mass is 9.86. The van der Waals surface area contributed by atoms with E-state index < -0.39 is 11.2 Å². The van der Waals surface area contributed by atoms with Gasteiger partial charge < -0.3 is 0 Å². The van der Waals surface area contributed by atoms with Crippen LogP contribution in [0.5, 0.6) is 0 Å². The second-order valence-electron chi connectivity index (χ2n) is 3.09. The summed E-state index contributed by atoms with van der Waals surface area (Å²) in [4.78, 5) is 0. The van der Waals surface area contributed by atoms with Gasteiger partial charge in [0.25, 0.3) is 0 Å². The van der Waals surface area contributed by atoms with Crippen molar-refractivity contribution >= 4 is 0 Å². The molecule has 9 heavy (non-hydrogen) atoms. The zero-order chi connectivity index (χ0) is 7.71. The standard InChI is InChI=1S/C7H14O2/c1-5-7(4,9)6(2,3)8/h5H2,1-4H3. The lowest BCUT2D eigenvalue weighted by Crippen LogP contribution is -2.44. The van der Waals surface area contributed by atoms with Crippen LogP contribution in [0.2, 0.25) is 0 Å². The van der Waals surface area contributed by atoms with E-state index in [0.717, 1.165) is 0 Å². The van der Waals surface area contributed by atoms with Crippen molar-refractivity contribution in [2.45, 2.75) is 45.3 Å². The lowest BCUT2D eigenvalue weighted by Gasteiger charge is -2.29. The molecular weight excluding hydrogens is 116 g/mol. The SMILES string of the molecule is CCC(C)([O])C(C)(C)[O]. The lowest BCUT2D eigenvalue weighted by molar-refractivity contribution is -0.186. The largest absolute Gasteiger partial charge is 0.227 e. The third kappa shape index (κ3) is 1.95. The minimum atomic E-state index is -1.36. The zero-order valence-corrected chi connectivity index (χ0v) is 6.52. The van der Waals surface area contributed by atoms with E-state index in [2.05, 4.69) is 0 Å². The van der Waals surface area contributed by atoms with Crippen LogP contribution in [0.4, 0.5) is 0 Å². The second-order valence-corrected chi connectivity index (χ2v) is 3.09. The Morgan fingerprint density at radius 2 is 1.44 bits per heavy atom. The van der Waals surface area contributed by atoms with E-state index >= 15 is 0 Å². The summed E-state index contributed by atoms with van der Waals surface area (Å²) in [6.45, 7) is 6.07. The molecule has 0 aliphatic rings. The predicted octanol–water partition coefficient (Wildman–Crippen LogP) is 1.79. The molecule has 0 rings (SSSR count). The summed E-state index contributed by atoms with van der Waals surface area (Å²) >= 11 is 0. The average molecular weight is 130 g/mol. The molecule has 0 heterocycles. The molecule has 1 atom stereocenters. The molecular formula is C7H14O2. The zero-order valence-electron chi connectivity index (χ0n) is 6.52. The van der Waals surface area contributed by atoms with E-state index in [0.29, 0.717) is 6.42 Å². The molecule has 0 aliphatic heterocycles. The van der Waals surface area contributed by atoms with Gasteiger partial charge in [-0.15, -0.1) is 0 Å². The molecule has 1 unspecified atom stereocenters. The molecule has 2 heteroatoms. The molecule has 2 nitrogen and oxygen atoms in total. The van der Waals surface area contributed by atoms with Gasteiger partial charge in [0.15, 0.2) is 0 Å². The monoisotopic (exact) mass is 130 g/mol. The van der Waals surface area contributed by atoms with Crippen LogP contribution < -0.4 is 0 Å². The van der Waals surface area contributed by atoms with Gasteiger partial charge in [0.05, 0.1) is 0 Å². The summed E-state index contributed by atoms with van der Waals surface area (Å²) in [6, 6.07) is 0. The van der Waals surface area contributed by atoms with Gasteiger partial charge in [-0.2, -0.15) is 0 Å². The van der Waals surface area contributed by atoms with Crippen LogP contribution in [0.15, 0.2) is 0 Å². The van der Waals surface area contributed by atoms with Crippen molar-refractivity contribution in [1.29, 1.82) is 0 Å². The Balaban J connectivity index is 4.14. The summed E-state index contributed by atoms with van der Waals surface area (Å²) < 4.78 is 0. The van der Waals surface area contributed by atoms with Gasteiger partial charge in [-0.05, 0) is 27.2 Å². The second kappa shape index (κ2) is 2.27. The first kappa shape index (κ1) is 8.92. The fourth-order valence-corrected chi connectivity index (χ4v) is 0.426. The van der Waals surface area contributed by atoms with Gasteiger partial charge >= 0.3 is 0 Å². The minimum absolute atomic E-state index is 0.392. The van der Waals surface area contributed by atoms with Gasteiger partial charge in [0.2, 0.25) is 0 Å². The molecule has 0 aromatic heterocycles. The Labute approximate surface area is 56.5 Å². The van der Waals surface area contributed by atoms with E-state index in [1.54, 1.807) is 6.92 Å². The summed E-state index contributed by atoms with van der Waals surface area (Å²) in [6.07, 6.45) is 0.392. The molecule has 0 amide bonds. The highest BCUT2D eigenvalue weighted by molar-refractivity contribution is 4.87. The normalized spacial score (nSPS) is 19.3. The third-order valence-electron chi connectivity index (χ3n) is 1.95. The van der Waals surface area contributed by atoms with Crippen LogP contribution in [0.25, 0.3) is 0 Å². The predicted molar refractivity (Wildman–Crippen MR) is 34.1 cm³/mol. The highest BCUT2D eigenvalue weighted by atomic mass is 16.3. The van der Waals surface area contributed by atoms with Crippen molar-refractivity contribution in [2.75, 3.05) is 0 Å². The molecule has 0 N–H and O–H groups in total. The van der Waals surface area contributed by atoms with Gasteiger partial charge in [0, 0.05) is 0 Å². The summed E-state index contributed by atoms with van der Waals surface area (Å²) in [7, 11) is 0. The Kier molecular flexibility index (Phi) is 2.25. The summed E-state index contributed by atoms with van der Waals surface area (Å²) in [5.41, 5.74) is -2.69. The first-order chi connectivity index (χ1) is 3.81. The van der Waals surface area contributed by atoms with E-state index in [1.165, 1.54) is 20.8 Å². The summed E-state index contributed by atoms with van der Waals surface area (Å²) in [5, 5.41) is 22.2. The van der Waals surface area contributed by atoms with Crippen molar-refractivity contribution in [2.24, 2.45) is 0 Å².